The Morgan fingerprint density at radius 2 is 2.19 bits per heavy atom. The lowest BCUT2D eigenvalue weighted by Crippen LogP contribution is -2.29. The van der Waals surface area contributed by atoms with Gasteiger partial charge in [0.2, 0.25) is 5.91 Å². The van der Waals surface area contributed by atoms with E-state index in [-0.39, 0.29) is 22.7 Å². The van der Waals surface area contributed by atoms with Crippen molar-refractivity contribution in [3.8, 4) is 0 Å². The topological polar surface area (TPSA) is 57.1 Å². The first-order chi connectivity index (χ1) is 12.6. The Hall–Kier alpha value is -2.38. The Kier molecular flexibility index (Phi) is 4.65. The molecule has 2 aromatic rings. The van der Waals surface area contributed by atoms with Crippen molar-refractivity contribution in [2.75, 3.05) is 11.1 Å². The lowest BCUT2D eigenvalue weighted by atomic mass is 10.0. The van der Waals surface area contributed by atoms with E-state index in [0.717, 1.165) is 23.7 Å². The van der Waals surface area contributed by atoms with Crippen LogP contribution < -0.4 is 5.32 Å². The summed E-state index contributed by atoms with van der Waals surface area (Å²) in [6, 6.07) is 11.9. The first-order valence-corrected chi connectivity index (χ1v) is 9.35. The van der Waals surface area contributed by atoms with Gasteiger partial charge < -0.3 is 5.32 Å². The number of nitrogens with one attached hydrogen (secondary N) is 1. The number of carbonyl (C=O) groups is 1. The number of amides is 1. The van der Waals surface area contributed by atoms with Gasteiger partial charge in [-0.05, 0) is 24.3 Å². The molecule has 0 unspecified atom stereocenters. The van der Waals surface area contributed by atoms with Crippen molar-refractivity contribution in [3.05, 3.63) is 58.9 Å². The minimum Gasteiger partial charge on any atom is -0.324 e. The number of amidine groups is 1. The first-order valence-electron chi connectivity index (χ1n) is 7.99. The van der Waals surface area contributed by atoms with Crippen LogP contribution in [0.15, 0.2) is 52.6 Å². The number of benzene rings is 2. The van der Waals surface area contributed by atoms with Crippen LogP contribution >= 0.6 is 23.4 Å². The zero-order valence-electron chi connectivity index (χ0n) is 13.5. The molecule has 132 valence electrons. The maximum Gasteiger partial charge on any atom is 0.234 e. The van der Waals surface area contributed by atoms with E-state index in [0.29, 0.717) is 10.9 Å². The van der Waals surface area contributed by atoms with Crippen LogP contribution in [0.25, 0.3) is 0 Å². The van der Waals surface area contributed by atoms with E-state index in [1.807, 2.05) is 29.4 Å². The summed E-state index contributed by atoms with van der Waals surface area (Å²) < 4.78 is 13.1. The van der Waals surface area contributed by atoms with Crippen molar-refractivity contribution >= 4 is 52.0 Å². The number of thioether (sulfide) groups is 1. The fraction of sp³-hybridized carbons (Fsp3) is 0.167. The van der Waals surface area contributed by atoms with Gasteiger partial charge in [0.05, 0.1) is 28.2 Å². The molecule has 2 aliphatic rings. The Labute approximate surface area is 158 Å². The van der Waals surface area contributed by atoms with Crippen LogP contribution in [0.1, 0.15) is 18.0 Å². The summed E-state index contributed by atoms with van der Waals surface area (Å²) in [5, 5.41) is 9.77. The van der Waals surface area contributed by atoms with Gasteiger partial charge in [-0.2, -0.15) is 5.10 Å². The van der Waals surface area contributed by atoms with Gasteiger partial charge in [-0.25, -0.2) is 14.4 Å². The van der Waals surface area contributed by atoms with Gasteiger partial charge in [0.15, 0.2) is 5.17 Å². The van der Waals surface area contributed by atoms with Gasteiger partial charge in [0.25, 0.3) is 0 Å². The van der Waals surface area contributed by atoms with Crippen molar-refractivity contribution in [2.24, 2.45) is 10.1 Å². The van der Waals surface area contributed by atoms with Crippen LogP contribution in [-0.4, -0.2) is 28.1 Å². The highest BCUT2D eigenvalue weighted by molar-refractivity contribution is 8.14. The number of hydrazone groups is 1. The number of nitrogens with zero attached hydrogens (tertiary/aromatic N) is 3. The number of halogens is 2. The zero-order chi connectivity index (χ0) is 18.1. The van der Waals surface area contributed by atoms with Gasteiger partial charge in [-0.15, -0.1) is 0 Å². The van der Waals surface area contributed by atoms with Gasteiger partial charge in [-0.1, -0.05) is 41.6 Å². The molecule has 0 aromatic heterocycles. The van der Waals surface area contributed by atoms with Crippen molar-refractivity contribution in [2.45, 2.75) is 12.5 Å². The number of aliphatic imine (C=N–C) groups is 1. The molecule has 0 spiro atoms. The van der Waals surface area contributed by atoms with Crippen LogP contribution in [0.2, 0.25) is 5.02 Å². The molecule has 1 atom stereocenters. The molecule has 0 aliphatic carbocycles. The standard InChI is InChI=1S/C18H14ClFN4OS/c19-13-9-11(20)5-6-15(13)22-17(25)10-26-18-23-14-4-2-1-3-12(14)16-7-8-21-24(16)18/h1-6,8-9,16H,7,10H2,(H,22,25)/t16-/m0/s1. The van der Waals surface area contributed by atoms with Crippen molar-refractivity contribution in [1.29, 1.82) is 0 Å². The van der Waals surface area contributed by atoms with Gasteiger partial charge in [0, 0.05) is 18.2 Å². The molecule has 5 nitrogen and oxygen atoms in total. The molecule has 0 fully saturated rings. The van der Waals surface area contributed by atoms with Crippen molar-refractivity contribution < 1.29 is 9.18 Å². The Balaban J connectivity index is 1.46. The average Bonchev–Trinajstić information content (AvgIpc) is 3.12. The number of fused-ring (bicyclic) bond motifs is 3. The molecule has 2 aliphatic heterocycles. The highest BCUT2D eigenvalue weighted by Gasteiger charge is 2.32. The van der Waals surface area contributed by atoms with E-state index in [4.69, 9.17) is 11.6 Å². The highest BCUT2D eigenvalue weighted by atomic mass is 35.5. The van der Waals surface area contributed by atoms with E-state index >= 15 is 0 Å². The largest absolute Gasteiger partial charge is 0.324 e. The summed E-state index contributed by atoms with van der Waals surface area (Å²) in [5.74, 6) is -0.548. The number of hydrogen-bond donors (Lipinski definition) is 1. The molecule has 2 heterocycles. The second-order valence-corrected chi connectivity index (χ2v) is 7.16. The minimum atomic E-state index is -0.449. The SMILES string of the molecule is O=C(CSC1=Nc2ccccc2[C@@H]2CC=NN12)Nc1ccc(F)cc1Cl. The maximum absolute atomic E-state index is 13.1. The predicted octanol–water partition coefficient (Wildman–Crippen LogP) is 4.58. The van der Waals surface area contributed by atoms with Crippen LogP contribution in [0.5, 0.6) is 0 Å². The van der Waals surface area contributed by atoms with Crippen LogP contribution in [-0.2, 0) is 4.79 Å². The smallest absolute Gasteiger partial charge is 0.234 e. The molecule has 26 heavy (non-hydrogen) atoms. The van der Waals surface area contributed by atoms with Crippen molar-refractivity contribution in [1.82, 2.24) is 5.01 Å². The molecule has 0 radical (unpaired) electrons. The van der Waals surface area contributed by atoms with E-state index in [1.165, 1.54) is 23.9 Å². The van der Waals surface area contributed by atoms with Crippen molar-refractivity contribution in [3.63, 3.8) is 0 Å². The molecule has 1 N–H and O–H groups in total. The third-order valence-corrected chi connectivity index (χ3v) is 5.33. The molecule has 0 bridgehead atoms. The normalized spacial score (nSPS) is 17.5. The van der Waals surface area contributed by atoms with E-state index in [9.17, 15) is 9.18 Å². The average molecular weight is 389 g/mol. The fourth-order valence-corrected chi connectivity index (χ4v) is 3.90. The summed E-state index contributed by atoms with van der Waals surface area (Å²) in [6.45, 7) is 0. The van der Waals surface area contributed by atoms with Gasteiger partial charge >= 0.3 is 0 Å². The fourth-order valence-electron chi connectivity index (χ4n) is 2.89. The van der Waals surface area contributed by atoms with E-state index in [2.05, 4.69) is 21.5 Å². The van der Waals surface area contributed by atoms with E-state index in [1.54, 1.807) is 0 Å². The molecule has 2 aromatic carbocycles. The molecular weight excluding hydrogens is 375 g/mol. The third-order valence-electron chi connectivity index (χ3n) is 4.08. The first kappa shape index (κ1) is 17.1. The van der Waals surface area contributed by atoms with Gasteiger partial charge in [-0.3, -0.25) is 4.79 Å². The monoisotopic (exact) mass is 388 g/mol. The second kappa shape index (κ2) is 7.09. The maximum atomic E-state index is 13.1. The summed E-state index contributed by atoms with van der Waals surface area (Å²) in [5.41, 5.74) is 2.42. The second-order valence-electron chi connectivity index (χ2n) is 5.81. The summed E-state index contributed by atoms with van der Waals surface area (Å²) in [4.78, 5) is 16.9. The van der Waals surface area contributed by atoms with Crippen LogP contribution in [0.4, 0.5) is 15.8 Å². The van der Waals surface area contributed by atoms with Gasteiger partial charge in [0.1, 0.15) is 5.82 Å². The number of para-hydroxylation sites is 1. The summed E-state index contributed by atoms with van der Waals surface area (Å²) >= 11 is 7.25. The number of rotatable bonds is 3. The zero-order valence-corrected chi connectivity index (χ0v) is 15.1. The quantitative estimate of drug-likeness (QED) is 0.836. The number of anilines is 1. The Bertz CT molecular complexity index is 933. The predicted molar refractivity (Wildman–Crippen MR) is 104 cm³/mol. The summed E-state index contributed by atoms with van der Waals surface area (Å²) in [6.07, 6.45) is 2.68. The lowest BCUT2D eigenvalue weighted by molar-refractivity contribution is -0.113. The molecule has 0 saturated carbocycles. The molecule has 8 heteroatoms. The lowest BCUT2D eigenvalue weighted by Gasteiger charge is -2.29. The third kappa shape index (κ3) is 3.32. The van der Waals surface area contributed by atoms with Crippen LogP contribution in [0.3, 0.4) is 0 Å². The molecule has 4 rings (SSSR count). The van der Waals surface area contributed by atoms with E-state index < -0.39 is 5.82 Å². The molecule has 1 amide bonds. The number of hydrogen-bond acceptors (Lipinski definition) is 5. The molecular formula is C18H14ClFN4OS. The Morgan fingerprint density at radius 3 is 3.04 bits per heavy atom. The molecule has 0 saturated heterocycles. The summed E-state index contributed by atoms with van der Waals surface area (Å²) in [7, 11) is 0. The van der Waals surface area contributed by atoms with Crippen LogP contribution in [0, 0.1) is 5.82 Å². The number of carbonyl (C=O) groups excluding carboxylic acids is 1. The minimum absolute atomic E-state index is 0.126. The highest BCUT2D eigenvalue weighted by Crippen LogP contribution is 2.40. The Morgan fingerprint density at radius 1 is 1.35 bits per heavy atom.